The second-order valence-corrected chi connectivity index (χ2v) is 7.20. The minimum Gasteiger partial charge on any atom is -0.480 e. The number of aromatic nitrogens is 4. The first-order chi connectivity index (χ1) is 13.5. The third-order valence-corrected chi connectivity index (χ3v) is 5.17. The molecule has 1 unspecified atom stereocenters. The average molecular weight is 379 g/mol. The lowest BCUT2D eigenvalue weighted by Gasteiger charge is -2.22. The number of hydrogen-bond donors (Lipinski definition) is 1. The third-order valence-electron chi connectivity index (χ3n) is 5.17. The number of carbonyl (C=O) groups is 2. The van der Waals surface area contributed by atoms with Crippen LogP contribution in [0.5, 0.6) is 0 Å². The summed E-state index contributed by atoms with van der Waals surface area (Å²) in [5.74, 6) is -1.04. The Morgan fingerprint density at radius 3 is 2.79 bits per heavy atom. The van der Waals surface area contributed by atoms with Crippen LogP contribution in [0.15, 0.2) is 36.8 Å². The Bertz CT molecular complexity index is 1040. The zero-order valence-electron chi connectivity index (χ0n) is 15.7. The fourth-order valence-electron chi connectivity index (χ4n) is 3.14. The number of amides is 1. The monoisotopic (exact) mass is 379 g/mol. The number of rotatable bonds is 6. The summed E-state index contributed by atoms with van der Waals surface area (Å²) in [7, 11) is 1.50. The van der Waals surface area contributed by atoms with Crippen LogP contribution in [0, 0.1) is 0 Å². The number of hydrogen-bond acceptors (Lipinski definition) is 5. The maximum Gasteiger partial charge on any atom is 0.326 e. The molecule has 1 N–H and O–H groups in total. The van der Waals surface area contributed by atoms with Crippen LogP contribution in [0.4, 0.5) is 0 Å². The van der Waals surface area contributed by atoms with Crippen molar-refractivity contribution in [1.82, 2.24) is 24.6 Å². The summed E-state index contributed by atoms with van der Waals surface area (Å²) in [5, 5.41) is 14.3. The first kappa shape index (κ1) is 18.1. The van der Waals surface area contributed by atoms with Gasteiger partial charge in [-0.3, -0.25) is 9.78 Å². The summed E-state index contributed by atoms with van der Waals surface area (Å²) in [6.07, 6.45) is 7.20. The smallest absolute Gasteiger partial charge is 0.326 e. The van der Waals surface area contributed by atoms with Gasteiger partial charge in [0.2, 0.25) is 0 Å². The van der Waals surface area contributed by atoms with E-state index in [2.05, 4.69) is 10.1 Å². The zero-order valence-corrected chi connectivity index (χ0v) is 15.7. The van der Waals surface area contributed by atoms with Gasteiger partial charge in [-0.25, -0.2) is 14.5 Å². The van der Waals surface area contributed by atoms with Crippen molar-refractivity contribution in [2.24, 2.45) is 0 Å². The molecule has 3 heterocycles. The number of carbonyl (C=O) groups excluding carboxylic acids is 1. The van der Waals surface area contributed by atoms with E-state index in [0.29, 0.717) is 29.1 Å². The van der Waals surface area contributed by atoms with Crippen LogP contribution in [0.2, 0.25) is 0 Å². The SMILES string of the molecule is CC(C(=O)O)N(C)C(=O)c1cc(C2CC2)nc2c1cnn2Cc1cccnc1. The second-order valence-electron chi connectivity index (χ2n) is 7.20. The van der Waals surface area contributed by atoms with Gasteiger partial charge in [-0.1, -0.05) is 6.07 Å². The van der Waals surface area contributed by atoms with Gasteiger partial charge >= 0.3 is 5.97 Å². The molecular formula is C20H21N5O3. The lowest BCUT2D eigenvalue weighted by molar-refractivity contribution is -0.141. The van der Waals surface area contributed by atoms with Gasteiger partial charge in [0.1, 0.15) is 6.04 Å². The van der Waals surface area contributed by atoms with Crippen LogP contribution < -0.4 is 0 Å². The van der Waals surface area contributed by atoms with Crippen LogP contribution in [-0.2, 0) is 11.3 Å². The molecule has 0 radical (unpaired) electrons. The van der Waals surface area contributed by atoms with E-state index in [4.69, 9.17) is 4.98 Å². The summed E-state index contributed by atoms with van der Waals surface area (Å²) in [6, 6.07) is 4.69. The summed E-state index contributed by atoms with van der Waals surface area (Å²) < 4.78 is 1.76. The minimum absolute atomic E-state index is 0.342. The molecule has 1 fully saturated rings. The fraction of sp³-hybridized carbons (Fsp3) is 0.350. The van der Waals surface area contributed by atoms with E-state index in [1.807, 2.05) is 12.1 Å². The predicted molar refractivity (Wildman–Crippen MR) is 102 cm³/mol. The largest absolute Gasteiger partial charge is 0.480 e. The molecule has 1 aliphatic rings. The van der Waals surface area contributed by atoms with Gasteiger partial charge < -0.3 is 10.0 Å². The average Bonchev–Trinajstić information content (AvgIpc) is 3.48. The molecule has 144 valence electrons. The highest BCUT2D eigenvalue weighted by atomic mass is 16.4. The van der Waals surface area contributed by atoms with E-state index >= 15 is 0 Å². The third kappa shape index (κ3) is 3.33. The molecule has 1 amide bonds. The number of nitrogens with zero attached hydrogens (tertiary/aromatic N) is 5. The van der Waals surface area contributed by atoms with Crippen LogP contribution in [0.1, 0.15) is 47.3 Å². The van der Waals surface area contributed by atoms with Gasteiger partial charge in [0.05, 0.1) is 23.7 Å². The number of aliphatic carboxylic acids is 1. The van der Waals surface area contributed by atoms with Gasteiger partial charge in [0.25, 0.3) is 5.91 Å². The summed E-state index contributed by atoms with van der Waals surface area (Å²) in [5.41, 5.74) is 2.92. The summed E-state index contributed by atoms with van der Waals surface area (Å²) >= 11 is 0. The Balaban J connectivity index is 1.78. The maximum absolute atomic E-state index is 13.1. The Morgan fingerprint density at radius 2 is 2.14 bits per heavy atom. The molecule has 3 aromatic heterocycles. The van der Waals surface area contributed by atoms with Crippen molar-refractivity contribution in [3.63, 3.8) is 0 Å². The van der Waals surface area contributed by atoms with E-state index < -0.39 is 12.0 Å². The Kier molecular flexibility index (Phi) is 4.54. The van der Waals surface area contributed by atoms with Crippen molar-refractivity contribution < 1.29 is 14.7 Å². The lowest BCUT2D eigenvalue weighted by atomic mass is 10.1. The maximum atomic E-state index is 13.1. The molecule has 0 aliphatic heterocycles. The van der Waals surface area contributed by atoms with E-state index in [1.54, 1.807) is 29.3 Å². The Hall–Kier alpha value is -3.29. The highest BCUT2D eigenvalue weighted by Crippen LogP contribution is 2.40. The zero-order chi connectivity index (χ0) is 19.8. The number of pyridine rings is 2. The molecule has 3 aromatic rings. The molecule has 0 saturated heterocycles. The topological polar surface area (TPSA) is 101 Å². The molecule has 1 aliphatic carbocycles. The van der Waals surface area contributed by atoms with Crippen molar-refractivity contribution in [1.29, 1.82) is 0 Å². The van der Waals surface area contributed by atoms with Gasteiger partial charge in [-0.15, -0.1) is 0 Å². The Morgan fingerprint density at radius 1 is 1.36 bits per heavy atom. The standard InChI is InChI=1S/C20H21N5O3/c1-12(20(27)28)24(2)19(26)15-8-17(14-5-6-14)23-18-16(15)10-22-25(18)11-13-4-3-7-21-9-13/h3-4,7-10,12,14H,5-6,11H2,1-2H3,(H,27,28). The molecule has 1 atom stereocenters. The molecule has 0 aromatic carbocycles. The first-order valence-electron chi connectivity index (χ1n) is 9.21. The highest BCUT2D eigenvalue weighted by molar-refractivity contribution is 6.06. The normalized spacial score (nSPS) is 14.8. The molecule has 8 nitrogen and oxygen atoms in total. The number of likely N-dealkylation sites (N-methyl/N-ethyl adjacent to an activating group) is 1. The molecule has 0 spiro atoms. The van der Waals surface area contributed by atoms with Gasteiger partial charge in [0.15, 0.2) is 5.65 Å². The fourth-order valence-corrected chi connectivity index (χ4v) is 3.14. The van der Waals surface area contributed by atoms with Gasteiger partial charge in [-0.05, 0) is 37.5 Å². The van der Waals surface area contributed by atoms with Gasteiger partial charge in [-0.2, -0.15) is 5.10 Å². The summed E-state index contributed by atoms with van der Waals surface area (Å²) in [4.78, 5) is 34.5. The number of carboxylic acid groups (broad SMARTS) is 1. The quantitative estimate of drug-likeness (QED) is 0.705. The Labute approximate surface area is 161 Å². The first-order valence-corrected chi connectivity index (χ1v) is 9.21. The van der Waals surface area contributed by atoms with Crippen molar-refractivity contribution in [2.45, 2.75) is 38.3 Å². The highest BCUT2D eigenvalue weighted by Gasteiger charge is 2.30. The predicted octanol–water partition coefficient (Wildman–Crippen LogP) is 2.30. The van der Waals surface area contributed by atoms with Crippen LogP contribution >= 0.6 is 0 Å². The van der Waals surface area contributed by atoms with Crippen LogP contribution in [0.3, 0.4) is 0 Å². The van der Waals surface area contributed by atoms with Gasteiger partial charge in [0, 0.05) is 31.1 Å². The lowest BCUT2D eigenvalue weighted by Crippen LogP contribution is -2.40. The van der Waals surface area contributed by atoms with Crippen LogP contribution in [-0.4, -0.2) is 54.7 Å². The molecular weight excluding hydrogens is 358 g/mol. The minimum atomic E-state index is -1.05. The van der Waals surface area contributed by atoms with E-state index in [1.165, 1.54) is 18.9 Å². The molecule has 0 bridgehead atoms. The molecule has 1 saturated carbocycles. The molecule has 28 heavy (non-hydrogen) atoms. The van der Waals surface area contributed by atoms with Crippen molar-refractivity contribution in [3.05, 3.63) is 53.6 Å². The van der Waals surface area contributed by atoms with Crippen molar-refractivity contribution >= 4 is 22.9 Å². The molecule has 4 rings (SSSR count). The van der Waals surface area contributed by atoms with E-state index in [-0.39, 0.29) is 5.91 Å². The van der Waals surface area contributed by atoms with Crippen molar-refractivity contribution in [3.8, 4) is 0 Å². The van der Waals surface area contributed by atoms with E-state index in [0.717, 1.165) is 24.1 Å². The second kappa shape index (κ2) is 7.03. The van der Waals surface area contributed by atoms with Crippen LogP contribution in [0.25, 0.3) is 11.0 Å². The number of carboxylic acids is 1. The van der Waals surface area contributed by atoms with E-state index in [9.17, 15) is 14.7 Å². The summed E-state index contributed by atoms with van der Waals surface area (Å²) in [6.45, 7) is 1.99. The molecule has 8 heteroatoms. The number of fused-ring (bicyclic) bond motifs is 1. The van der Waals surface area contributed by atoms with Crippen molar-refractivity contribution in [2.75, 3.05) is 7.05 Å².